The predicted octanol–water partition coefficient (Wildman–Crippen LogP) is 3.95. The highest BCUT2D eigenvalue weighted by Gasteiger charge is 2.29. The molecule has 2 aromatic carbocycles. The Balaban J connectivity index is 1.77. The number of Topliss-reactive ketones (excluding diaryl/α,β-unsaturated/α-hetero) is 1. The quantitative estimate of drug-likeness (QED) is 0.454. The van der Waals surface area contributed by atoms with Crippen LogP contribution in [0, 0.1) is 0 Å². The van der Waals surface area contributed by atoms with E-state index in [1.807, 2.05) is 0 Å². The Labute approximate surface area is 187 Å². The fourth-order valence-electron chi connectivity index (χ4n) is 3.34. The summed E-state index contributed by atoms with van der Waals surface area (Å²) in [5.74, 6) is -0.586. The van der Waals surface area contributed by atoms with Crippen LogP contribution in [-0.4, -0.2) is 50.8 Å². The molecule has 0 aliphatic carbocycles. The predicted molar refractivity (Wildman–Crippen MR) is 116 cm³/mol. The van der Waals surface area contributed by atoms with Crippen molar-refractivity contribution in [1.29, 1.82) is 0 Å². The Morgan fingerprint density at radius 1 is 1.00 bits per heavy atom. The highest BCUT2D eigenvalue weighted by molar-refractivity contribution is 7.89. The lowest BCUT2D eigenvalue weighted by Gasteiger charge is -2.26. The molecule has 9 heteroatoms. The van der Waals surface area contributed by atoms with Gasteiger partial charge in [0.25, 0.3) is 0 Å². The number of nitrogens with zero attached hydrogens (tertiary/aromatic N) is 1. The molecule has 31 heavy (non-hydrogen) atoms. The average Bonchev–Trinajstić information content (AvgIpc) is 2.79. The lowest BCUT2D eigenvalue weighted by molar-refractivity contribution is 0.0318. The number of carbonyl (C=O) groups is 2. The SMILES string of the molecule is COc1ccc(C(=O)C(C)OC(=O)c2ccc(Cl)c(S(=O)(=O)N3CCCCC3)c2)cc1. The summed E-state index contributed by atoms with van der Waals surface area (Å²) in [5, 5.41) is 0.0319. The van der Waals surface area contributed by atoms with Crippen LogP contribution in [0.3, 0.4) is 0 Å². The normalized spacial score (nSPS) is 15.8. The maximum absolute atomic E-state index is 13.0. The second-order valence-corrected chi connectivity index (χ2v) is 9.56. The van der Waals surface area contributed by atoms with E-state index in [4.69, 9.17) is 21.1 Å². The van der Waals surface area contributed by atoms with Crippen molar-refractivity contribution in [2.75, 3.05) is 20.2 Å². The second-order valence-electron chi connectivity index (χ2n) is 7.25. The molecule has 7 nitrogen and oxygen atoms in total. The zero-order chi connectivity index (χ0) is 22.6. The first-order chi connectivity index (χ1) is 14.7. The molecule has 0 N–H and O–H groups in total. The number of hydrogen-bond acceptors (Lipinski definition) is 6. The molecule has 0 spiro atoms. The van der Waals surface area contributed by atoms with Crippen LogP contribution in [0.4, 0.5) is 0 Å². The van der Waals surface area contributed by atoms with E-state index in [9.17, 15) is 18.0 Å². The molecule has 2 aromatic rings. The topological polar surface area (TPSA) is 90.0 Å². The summed E-state index contributed by atoms with van der Waals surface area (Å²) in [4.78, 5) is 25.0. The molecular formula is C22H24ClNO6S. The zero-order valence-corrected chi connectivity index (χ0v) is 18.9. The molecule has 0 aromatic heterocycles. The monoisotopic (exact) mass is 465 g/mol. The van der Waals surface area contributed by atoms with Gasteiger partial charge in [0.15, 0.2) is 6.10 Å². The van der Waals surface area contributed by atoms with Gasteiger partial charge in [-0.1, -0.05) is 18.0 Å². The summed E-state index contributed by atoms with van der Waals surface area (Å²) in [6.45, 7) is 2.30. The van der Waals surface area contributed by atoms with E-state index in [-0.39, 0.29) is 21.3 Å². The highest BCUT2D eigenvalue weighted by Crippen LogP contribution is 2.28. The maximum atomic E-state index is 13.0. The highest BCUT2D eigenvalue weighted by atomic mass is 35.5. The molecule has 1 heterocycles. The molecule has 1 aliphatic rings. The molecule has 1 fully saturated rings. The van der Waals surface area contributed by atoms with Gasteiger partial charge in [0.05, 0.1) is 17.7 Å². The minimum atomic E-state index is -3.83. The van der Waals surface area contributed by atoms with E-state index in [1.54, 1.807) is 24.3 Å². The van der Waals surface area contributed by atoms with Crippen LogP contribution in [0.25, 0.3) is 0 Å². The van der Waals surface area contributed by atoms with Gasteiger partial charge in [0.1, 0.15) is 10.6 Å². The Bertz CT molecular complexity index is 1060. The third-order valence-electron chi connectivity index (χ3n) is 5.13. The van der Waals surface area contributed by atoms with Gasteiger partial charge in [-0.25, -0.2) is 13.2 Å². The first-order valence-corrected chi connectivity index (χ1v) is 11.7. The van der Waals surface area contributed by atoms with Crippen LogP contribution >= 0.6 is 11.6 Å². The average molecular weight is 466 g/mol. The molecule has 1 atom stereocenters. The number of benzene rings is 2. The molecule has 166 valence electrons. The first kappa shape index (κ1) is 23.2. The van der Waals surface area contributed by atoms with E-state index < -0.39 is 22.1 Å². The molecule has 0 amide bonds. The number of ether oxygens (including phenoxy) is 2. The van der Waals surface area contributed by atoms with Gasteiger partial charge in [-0.2, -0.15) is 4.31 Å². The lowest BCUT2D eigenvalue weighted by Crippen LogP contribution is -2.35. The molecule has 0 radical (unpaired) electrons. The summed E-state index contributed by atoms with van der Waals surface area (Å²) < 4.78 is 37.7. The number of carbonyl (C=O) groups excluding carboxylic acids is 2. The van der Waals surface area contributed by atoms with Crippen molar-refractivity contribution < 1.29 is 27.5 Å². The standard InChI is InChI=1S/C22H24ClNO6S/c1-15(21(25)16-6-9-18(29-2)10-7-16)30-22(26)17-8-11-19(23)20(14-17)31(27,28)24-12-4-3-5-13-24/h6-11,14-15H,3-5,12-13H2,1-2H3. The van der Waals surface area contributed by atoms with Crippen molar-refractivity contribution in [2.45, 2.75) is 37.2 Å². The summed E-state index contributed by atoms with van der Waals surface area (Å²) in [6.07, 6.45) is 1.48. The third-order valence-corrected chi connectivity index (χ3v) is 7.51. The molecule has 3 rings (SSSR count). The van der Waals surface area contributed by atoms with Crippen LogP contribution in [0.1, 0.15) is 46.9 Å². The zero-order valence-electron chi connectivity index (χ0n) is 17.3. The summed E-state index contributed by atoms with van der Waals surface area (Å²) >= 11 is 6.14. The van der Waals surface area contributed by atoms with Crippen LogP contribution in [0.2, 0.25) is 5.02 Å². The smallest absolute Gasteiger partial charge is 0.338 e. The number of ketones is 1. The second kappa shape index (κ2) is 9.80. The van der Waals surface area contributed by atoms with Crippen molar-refractivity contribution in [3.8, 4) is 5.75 Å². The fourth-order valence-corrected chi connectivity index (χ4v) is 5.36. The van der Waals surface area contributed by atoms with Crippen LogP contribution in [-0.2, 0) is 14.8 Å². The Kier molecular flexibility index (Phi) is 7.35. The van der Waals surface area contributed by atoms with Crippen molar-refractivity contribution in [3.05, 3.63) is 58.6 Å². The number of hydrogen-bond donors (Lipinski definition) is 0. The molecule has 1 aliphatic heterocycles. The molecule has 0 bridgehead atoms. The Morgan fingerprint density at radius 3 is 2.23 bits per heavy atom. The maximum Gasteiger partial charge on any atom is 0.338 e. The van der Waals surface area contributed by atoms with E-state index in [1.165, 1.54) is 36.5 Å². The third kappa shape index (κ3) is 5.26. The number of sulfonamides is 1. The van der Waals surface area contributed by atoms with E-state index >= 15 is 0 Å². The molecule has 0 saturated carbocycles. The molecule has 1 unspecified atom stereocenters. The van der Waals surface area contributed by atoms with Gasteiger partial charge in [-0.3, -0.25) is 4.79 Å². The molecular weight excluding hydrogens is 442 g/mol. The Hall–Kier alpha value is -2.42. The summed E-state index contributed by atoms with van der Waals surface area (Å²) in [6, 6.07) is 10.4. The number of esters is 1. The van der Waals surface area contributed by atoms with Crippen LogP contribution in [0.5, 0.6) is 5.75 Å². The van der Waals surface area contributed by atoms with Gasteiger partial charge in [0.2, 0.25) is 15.8 Å². The van der Waals surface area contributed by atoms with Crippen molar-refractivity contribution in [3.63, 3.8) is 0 Å². The van der Waals surface area contributed by atoms with E-state index in [0.717, 1.165) is 19.3 Å². The van der Waals surface area contributed by atoms with Gasteiger partial charge < -0.3 is 9.47 Å². The minimum Gasteiger partial charge on any atom is -0.497 e. The lowest BCUT2D eigenvalue weighted by atomic mass is 10.1. The van der Waals surface area contributed by atoms with Crippen molar-refractivity contribution in [1.82, 2.24) is 4.31 Å². The largest absolute Gasteiger partial charge is 0.497 e. The van der Waals surface area contributed by atoms with E-state index in [2.05, 4.69) is 0 Å². The number of rotatable bonds is 7. The van der Waals surface area contributed by atoms with Crippen molar-refractivity contribution in [2.24, 2.45) is 0 Å². The van der Waals surface area contributed by atoms with Crippen LogP contribution in [0.15, 0.2) is 47.4 Å². The Morgan fingerprint density at radius 2 is 1.61 bits per heavy atom. The molecule has 1 saturated heterocycles. The van der Waals surface area contributed by atoms with Crippen molar-refractivity contribution >= 4 is 33.4 Å². The number of halogens is 1. The first-order valence-electron chi connectivity index (χ1n) is 9.93. The van der Waals surface area contributed by atoms with E-state index in [0.29, 0.717) is 24.4 Å². The van der Waals surface area contributed by atoms with Gasteiger partial charge in [-0.05, 0) is 62.2 Å². The fraction of sp³-hybridized carbons (Fsp3) is 0.364. The summed E-state index contributed by atoms with van der Waals surface area (Å²) in [7, 11) is -2.31. The van der Waals surface area contributed by atoms with Gasteiger partial charge in [0, 0.05) is 18.7 Å². The van der Waals surface area contributed by atoms with Crippen LogP contribution < -0.4 is 4.74 Å². The summed E-state index contributed by atoms with van der Waals surface area (Å²) in [5.41, 5.74) is 0.375. The number of methoxy groups -OCH3 is 1. The number of piperidine rings is 1. The van der Waals surface area contributed by atoms with Gasteiger partial charge in [-0.15, -0.1) is 0 Å². The minimum absolute atomic E-state index is 0.00867. The van der Waals surface area contributed by atoms with Gasteiger partial charge >= 0.3 is 5.97 Å².